The number of carbonyl (C=O) groups excluding carboxylic acids is 1. The number of H-pyrrole nitrogens is 1. The molecule has 2 heterocycles. The number of aliphatic carboxylic acids is 1. The Morgan fingerprint density at radius 2 is 2.16 bits per heavy atom. The van der Waals surface area contributed by atoms with E-state index in [2.05, 4.69) is 4.98 Å². The fourth-order valence-corrected chi connectivity index (χ4v) is 3.08. The molecule has 3 rings (SSSR count). The molecule has 0 bridgehead atoms. The van der Waals surface area contributed by atoms with Gasteiger partial charge in [0.25, 0.3) is 0 Å². The lowest BCUT2D eigenvalue weighted by molar-refractivity contribution is -0.139. The first-order chi connectivity index (χ1) is 12.0. The van der Waals surface area contributed by atoms with Crippen LogP contribution < -0.4 is 5.69 Å². The van der Waals surface area contributed by atoms with E-state index in [1.807, 2.05) is 0 Å². The van der Waals surface area contributed by atoms with Crippen LogP contribution in [0.5, 0.6) is 0 Å². The van der Waals surface area contributed by atoms with Crippen molar-refractivity contribution in [1.29, 1.82) is 0 Å². The van der Waals surface area contributed by atoms with Gasteiger partial charge in [0, 0.05) is 19.7 Å². The average molecular weight is 347 g/mol. The molecule has 1 atom stereocenters. The summed E-state index contributed by atoms with van der Waals surface area (Å²) in [5, 5.41) is 8.92. The number of benzene rings is 1. The van der Waals surface area contributed by atoms with Crippen LogP contribution in [0.1, 0.15) is 19.3 Å². The van der Waals surface area contributed by atoms with Gasteiger partial charge in [-0.05, 0) is 25.0 Å². The Kier molecular flexibility index (Phi) is 5.18. The van der Waals surface area contributed by atoms with Gasteiger partial charge in [0.1, 0.15) is 6.54 Å². The molecule has 1 amide bonds. The number of carboxylic acids is 1. The van der Waals surface area contributed by atoms with E-state index < -0.39 is 5.97 Å². The third-order valence-electron chi connectivity index (χ3n) is 4.37. The third kappa shape index (κ3) is 4.08. The van der Waals surface area contributed by atoms with Crippen molar-refractivity contribution in [1.82, 2.24) is 14.5 Å². The Labute approximate surface area is 144 Å². The van der Waals surface area contributed by atoms with Crippen LogP contribution in [0.15, 0.2) is 29.1 Å². The summed E-state index contributed by atoms with van der Waals surface area (Å²) >= 11 is 0. The monoisotopic (exact) mass is 347 g/mol. The molecule has 0 aliphatic carbocycles. The molecule has 2 aromatic rings. The zero-order valence-electron chi connectivity index (χ0n) is 13.8. The molecule has 0 spiro atoms. The minimum atomic E-state index is -0.964. The van der Waals surface area contributed by atoms with Crippen LogP contribution in [0.2, 0.25) is 0 Å². The molecular weight excluding hydrogens is 326 g/mol. The molecule has 1 aromatic heterocycles. The van der Waals surface area contributed by atoms with Crippen molar-refractivity contribution in [2.75, 3.05) is 19.7 Å². The second-order valence-corrected chi connectivity index (χ2v) is 6.15. The molecule has 1 unspecified atom stereocenters. The number of hydrogen-bond acceptors (Lipinski definition) is 4. The van der Waals surface area contributed by atoms with E-state index in [9.17, 15) is 14.4 Å². The molecule has 134 valence electrons. The standard InChI is InChI=1S/C17H21N3O5/c21-15(11-20-14-6-2-1-5-13(14)18-17(20)24)19(8-7-16(22)23)10-12-4-3-9-25-12/h1-2,5-6,12H,3-4,7-11H2,(H,18,24)(H,22,23). The lowest BCUT2D eigenvalue weighted by Gasteiger charge is -2.25. The summed E-state index contributed by atoms with van der Waals surface area (Å²) in [7, 11) is 0. The summed E-state index contributed by atoms with van der Waals surface area (Å²) < 4.78 is 6.93. The smallest absolute Gasteiger partial charge is 0.326 e. The van der Waals surface area contributed by atoms with Gasteiger partial charge >= 0.3 is 11.7 Å². The average Bonchev–Trinajstić information content (AvgIpc) is 3.19. The Morgan fingerprint density at radius 1 is 1.36 bits per heavy atom. The van der Waals surface area contributed by atoms with Crippen LogP contribution in [0.25, 0.3) is 11.0 Å². The molecule has 1 saturated heterocycles. The molecule has 8 nitrogen and oxygen atoms in total. The van der Waals surface area contributed by atoms with Crippen LogP contribution in [-0.2, 0) is 20.9 Å². The van der Waals surface area contributed by atoms with Crippen molar-refractivity contribution in [3.63, 3.8) is 0 Å². The molecule has 1 aromatic carbocycles. The predicted molar refractivity (Wildman–Crippen MR) is 90.4 cm³/mol. The highest BCUT2D eigenvalue weighted by Gasteiger charge is 2.24. The van der Waals surface area contributed by atoms with Gasteiger partial charge in [-0.3, -0.25) is 14.2 Å². The fourth-order valence-electron chi connectivity index (χ4n) is 3.08. The highest BCUT2D eigenvalue weighted by atomic mass is 16.5. The Hall–Kier alpha value is -2.61. The van der Waals surface area contributed by atoms with E-state index in [1.165, 1.54) is 9.47 Å². The van der Waals surface area contributed by atoms with Crippen LogP contribution in [0.3, 0.4) is 0 Å². The zero-order chi connectivity index (χ0) is 17.8. The second kappa shape index (κ2) is 7.52. The van der Waals surface area contributed by atoms with E-state index >= 15 is 0 Å². The van der Waals surface area contributed by atoms with Gasteiger partial charge < -0.3 is 19.7 Å². The van der Waals surface area contributed by atoms with Crippen molar-refractivity contribution in [2.45, 2.75) is 31.9 Å². The molecule has 1 aliphatic heterocycles. The molecule has 1 aliphatic rings. The number of fused-ring (bicyclic) bond motifs is 1. The van der Waals surface area contributed by atoms with Crippen LogP contribution in [0.4, 0.5) is 0 Å². The number of nitrogens with zero attached hydrogens (tertiary/aromatic N) is 2. The van der Waals surface area contributed by atoms with Crippen molar-refractivity contribution < 1.29 is 19.4 Å². The van der Waals surface area contributed by atoms with E-state index in [1.54, 1.807) is 24.3 Å². The number of aromatic nitrogens is 2. The minimum absolute atomic E-state index is 0.0718. The van der Waals surface area contributed by atoms with E-state index in [4.69, 9.17) is 9.84 Å². The number of ether oxygens (including phenoxy) is 1. The first kappa shape index (κ1) is 17.2. The Balaban J connectivity index is 1.77. The fraction of sp³-hybridized carbons (Fsp3) is 0.471. The van der Waals surface area contributed by atoms with Gasteiger partial charge in [-0.25, -0.2) is 4.79 Å². The number of para-hydroxylation sites is 2. The summed E-state index contributed by atoms with van der Waals surface area (Å²) in [6, 6.07) is 7.14. The maximum Gasteiger partial charge on any atom is 0.326 e. The third-order valence-corrected chi connectivity index (χ3v) is 4.37. The molecule has 2 N–H and O–H groups in total. The quantitative estimate of drug-likeness (QED) is 0.771. The lowest BCUT2D eigenvalue weighted by atomic mass is 10.2. The minimum Gasteiger partial charge on any atom is -0.481 e. The first-order valence-corrected chi connectivity index (χ1v) is 8.33. The van der Waals surface area contributed by atoms with E-state index in [0.717, 1.165) is 12.8 Å². The first-order valence-electron chi connectivity index (χ1n) is 8.33. The summed E-state index contributed by atoms with van der Waals surface area (Å²) in [4.78, 5) is 39.9. The van der Waals surface area contributed by atoms with Crippen molar-refractivity contribution in [2.24, 2.45) is 0 Å². The van der Waals surface area contributed by atoms with E-state index in [0.29, 0.717) is 24.2 Å². The summed E-state index contributed by atoms with van der Waals surface area (Å²) in [5.74, 6) is -1.25. The number of nitrogens with one attached hydrogen (secondary N) is 1. The maximum absolute atomic E-state index is 12.7. The number of imidazole rings is 1. The van der Waals surface area contributed by atoms with Crippen molar-refractivity contribution in [3.05, 3.63) is 34.7 Å². The molecule has 8 heteroatoms. The molecule has 0 radical (unpaired) electrons. The summed E-state index contributed by atoms with van der Waals surface area (Å²) in [6.07, 6.45) is 1.58. The number of carbonyl (C=O) groups is 2. The molecule has 25 heavy (non-hydrogen) atoms. The van der Waals surface area contributed by atoms with Crippen LogP contribution >= 0.6 is 0 Å². The number of carboxylic acid groups (broad SMARTS) is 1. The molecule has 1 fully saturated rings. The number of aromatic amines is 1. The SMILES string of the molecule is O=C(O)CCN(CC1CCCO1)C(=O)Cn1c(=O)[nH]c2ccccc21. The van der Waals surface area contributed by atoms with Gasteiger partial charge in [0.2, 0.25) is 5.91 Å². The van der Waals surface area contributed by atoms with Crippen molar-refractivity contribution >= 4 is 22.9 Å². The highest BCUT2D eigenvalue weighted by molar-refractivity contribution is 5.81. The number of rotatable bonds is 7. The van der Waals surface area contributed by atoms with Crippen LogP contribution in [0, 0.1) is 0 Å². The Morgan fingerprint density at radius 3 is 2.88 bits per heavy atom. The topological polar surface area (TPSA) is 105 Å². The predicted octanol–water partition coefficient (Wildman–Crippen LogP) is 0.812. The van der Waals surface area contributed by atoms with Gasteiger partial charge in [-0.2, -0.15) is 0 Å². The molecule has 0 saturated carbocycles. The number of amides is 1. The Bertz CT molecular complexity index is 819. The van der Waals surface area contributed by atoms with Gasteiger partial charge in [0.15, 0.2) is 0 Å². The van der Waals surface area contributed by atoms with Crippen LogP contribution in [-0.4, -0.2) is 57.2 Å². The summed E-state index contributed by atoms with van der Waals surface area (Å²) in [6.45, 7) is 0.983. The van der Waals surface area contributed by atoms with Gasteiger partial charge in [-0.15, -0.1) is 0 Å². The number of hydrogen-bond donors (Lipinski definition) is 2. The van der Waals surface area contributed by atoms with E-state index in [-0.39, 0.29) is 37.2 Å². The highest BCUT2D eigenvalue weighted by Crippen LogP contribution is 2.15. The molecular formula is C17H21N3O5. The van der Waals surface area contributed by atoms with Gasteiger partial charge in [0.05, 0.1) is 23.6 Å². The zero-order valence-corrected chi connectivity index (χ0v) is 13.8. The van der Waals surface area contributed by atoms with Gasteiger partial charge in [-0.1, -0.05) is 12.1 Å². The maximum atomic E-state index is 12.7. The largest absolute Gasteiger partial charge is 0.481 e. The van der Waals surface area contributed by atoms with Crippen molar-refractivity contribution in [3.8, 4) is 0 Å². The lowest BCUT2D eigenvalue weighted by Crippen LogP contribution is -2.41. The summed E-state index contributed by atoms with van der Waals surface area (Å²) in [5.41, 5.74) is 0.956. The second-order valence-electron chi connectivity index (χ2n) is 6.15. The normalized spacial score (nSPS) is 17.0.